The molecule has 20 heavy (non-hydrogen) atoms. The van der Waals surface area contributed by atoms with Crippen molar-refractivity contribution in [3.05, 3.63) is 28.5 Å². The molecular weight excluding hydrogens is 314 g/mol. The van der Waals surface area contributed by atoms with Crippen molar-refractivity contribution in [2.45, 2.75) is 57.5 Å². The van der Waals surface area contributed by atoms with Crippen LogP contribution in [0.5, 0.6) is 0 Å². The van der Waals surface area contributed by atoms with E-state index in [-0.39, 0.29) is 11.6 Å². The van der Waals surface area contributed by atoms with Crippen molar-refractivity contribution < 1.29 is 0 Å². The fraction of sp³-hybridized carbons (Fsp3) is 0.688. The van der Waals surface area contributed by atoms with E-state index in [0.717, 1.165) is 23.0 Å². The third-order valence-corrected chi connectivity index (χ3v) is 5.28. The summed E-state index contributed by atoms with van der Waals surface area (Å²) in [7, 11) is 0. The lowest BCUT2D eigenvalue weighted by Gasteiger charge is -2.46. The molecule has 2 heterocycles. The highest BCUT2D eigenvalue weighted by atomic mass is 79.9. The number of hydrogen-bond donors (Lipinski definition) is 1. The highest BCUT2D eigenvalue weighted by Crippen LogP contribution is 2.28. The molecule has 112 valence electrons. The Bertz CT molecular complexity index is 414. The lowest BCUT2D eigenvalue weighted by atomic mass is 9.83. The van der Waals surface area contributed by atoms with Crippen molar-refractivity contribution in [2.24, 2.45) is 5.73 Å². The second kappa shape index (κ2) is 7.01. The zero-order chi connectivity index (χ0) is 14.6. The highest BCUT2D eigenvalue weighted by molar-refractivity contribution is 9.10. The molecule has 1 aliphatic rings. The van der Waals surface area contributed by atoms with E-state index in [4.69, 9.17) is 5.73 Å². The van der Waals surface area contributed by atoms with Gasteiger partial charge in [-0.2, -0.15) is 0 Å². The second-order valence-corrected chi connectivity index (χ2v) is 6.95. The van der Waals surface area contributed by atoms with Gasteiger partial charge in [-0.3, -0.25) is 9.88 Å². The average molecular weight is 340 g/mol. The summed E-state index contributed by atoms with van der Waals surface area (Å²) in [5.74, 6) is 0. The van der Waals surface area contributed by atoms with Crippen LogP contribution in [0.4, 0.5) is 0 Å². The molecule has 2 rings (SSSR count). The predicted molar refractivity (Wildman–Crippen MR) is 87.7 cm³/mol. The summed E-state index contributed by atoms with van der Waals surface area (Å²) in [5.41, 5.74) is 7.73. The van der Waals surface area contributed by atoms with Gasteiger partial charge in [-0.15, -0.1) is 0 Å². The van der Waals surface area contributed by atoms with Crippen LogP contribution in [0.2, 0.25) is 0 Å². The van der Waals surface area contributed by atoms with E-state index in [1.807, 2.05) is 12.3 Å². The van der Waals surface area contributed by atoms with Crippen LogP contribution in [0.25, 0.3) is 0 Å². The van der Waals surface area contributed by atoms with E-state index in [9.17, 15) is 0 Å². The summed E-state index contributed by atoms with van der Waals surface area (Å²) in [6, 6.07) is 4.23. The molecule has 0 spiro atoms. The van der Waals surface area contributed by atoms with Crippen molar-refractivity contribution >= 4 is 15.9 Å². The van der Waals surface area contributed by atoms with Gasteiger partial charge in [0, 0.05) is 34.4 Å². The minimum absolute atomic E-state index is 0.0785. The Morgan fingerprint density at radius 3 is 2.60 bits per heavy atom. The molecule has 1 aromatic heterocycles. The first-order valence-electron chi connectivity index (χ1n) is 7.67. The second-order valence-electron chi connectivity index (χ2n) is 6.04. The fourth-order valence-electron chi connectivity index (χ4n) is 3.10. The molecule has 2 N–H and O–H groups in total. The van der Waals surface area contributed by atoms with Crippen LogP contribution in [0, 0.1) is 0 Å². The highest BCUT2D eigenvalue weighted by Gasteiger charge is 2.36. The minimum Gasteiger partial charge on any atom is -0.326 e. The van der Waals surface area contributed by atoms with E-state index < -0.39 is 0 Å². The average Bonchev–Trinajstić information content (AvgIpc) is 2.49. The Kier molecular flexibility index (Phi) is 5.58. The lowest BCUT2D eigenvalue weighted by Crippen LogP contribution is -2.59. The third kappa shape index (κ3) is 3.60. The van der Waals surface area contributed by atoms with E-state index in [1.165, 1.54) is 32.4 Å². The minimum atomic E-state index is 0.0785. The van der Waals surface area contributed by atoms with Crippen LogP contribution in [0.3, 0.4) is 0 Å². The fourth-order valence-corrected chi connectivity index (χ4v) is 3.33. The Morgan fingerprint density at radius 2 is 2.05 bits per heavy atom. The summed E-state index contributed by atoms with van der Waals surface area (Å²) in [5, 5.41) is 0. The van der Waals surface area contributed by atoms with E-state index in [0.29, 0.717) is 0 Å². The summed E-state index contributed by atoms with van der Waals surface area (Å²) >= 11 is 3.43. The molecule has 0 aromatic carbocycles. The zero-order valence-electron chi connectivity index (χ0n) is 12.6. The summed E-state index contributed by atoms with van der Waals surface area (Å²) in [4.78, 5) is 7.06. The largest absolute Gasteiger partial charge is 0.326 e. The molecule has 0 aliphatic carbocycles. The molecule has 2 unspecified atom stereocenters. The third-order valence-electron chi connectivity index (χ3n) is 4.81. The van der Waals surface area contributed by atoms with Crippen molar-refractivity contribution in [1.82, 2.24) is 9.88 Å². The number of pyridine rings is 1. The van der Waals surface area contributed by atoms with Crippen LogP contribution in [-0.2, 0) is 6.42 Å². The van der Waals surface area contributed by atoms with E-state index in [2.05, 4.69) is 45.7 Å². The number of nitrogens with zero attached hydrogens (tertiary/aromatic N) is 2. The molecule has 1 aromatic rings. The van der Waals surface area contributed by atoms with Crippen LogP contribution in [-0.4, -0.2) is 34.6 Å². The molecule has 3 nitrogen and oxygen atoms in total. The van der Waals surface area contributed by atoms with Gasteiger partial charge in [-0.1, -0.05) is 13.3 Å². The first-order valence-corrected chi connectivity index (χ1v) is 8.46. The Balaban J connectivity index is 2.07. The molecule has 4 heteroatoms. The number of piperidine rings is 1. The SMILES string of the molecule is CCC(C)(C(N)Cc1ccc(Br)cn1)N1CCCCC1. The van der Waals surface area contributed by atoms with E-state index >= 15 is 0 Å². The van der Waals surface area contributed by atoms with Crippen LogP contribution < -0.4 is 5.73 Å². The monoisotopic (exact) mass is 339 g/mol. The summed E-state index contributed by atoms with van der Waals surface area (Å²) < 4.78 is 1.02. The van der Waals surface area contributed by atoms with Gasteiger partial charge in [-0.05, 0) is 67.3 Å². The van der Waals surface area contributed by atoms with Gasteiger partial charge in [0.15, 0.2) is 0 Å². The van der Waals surface area contributed by atoms with Gasteiger partial charge in [0.1, 0.15) is 0 Å². The van der Waals surface area contributed by atoms with Gasteiger partial charge in [0.05, 0.1) is 0 Å². The maximum Gasteiger partial charge on any atom is 0.0420 e. The number of hydrogen-bond acceptors (Lipinski definition) is 3. The lowest BCUT2D eigenvalue weighted by molar-refractivity contribution is 0.0543. The van der Waals surface area contributed by atoms with Crippen molar-refractivity contribution in [2.75, 3.05) is 13.1 Å². The van der Waals surface area contributed by atoms with Gasteiger partial charge >= 0.3 is 0 Å². The standard InChI is InChI=1S/C16H26BrN3/c1-3-16(2,20-9-5-4-6-10-20)15(18)11-14-8-7-13(17)12-19-14/h7-8,12,15H,3-6,9-11,18H2,1-2H3. The van der Waals surface area contributed by atoms with Crippen molar-refractivity contribution in [3.8, 4) is 0 Å². The Labute approximate surface area is 131 Å². The van der Waals surface area contributed by atoms with Gasteiger partial charge in [0.25, 0.3) is 0 Å². The van der Waals surface area contributed by atoms with Crippen molar-refractivity contribution in [3.63, 3.8) is 0 Å². The maximum atomic E-state index is 6.57. The number of likely N-dealkylation sites (tertiary alicyclic amines) is 1. The summed E-state index contributed by atoms with van der Waals surface area (Å²) in [6.07, 6.45) is 7.75. The molecule has 1 saturated heterocycles. The Morgan fingerprint density at radius 1 is 1.35 bits per heavy atom. The first kappa shape index (κ1) is 15.9. The topological polar surface area (TPSA) is 42.1 Å². The molecular formula is C16H26BrN3. The van der Waals surface area contributed by atoms with Gasteiger partial charge < -0.3 is 5.73 Å². The molecule has 0 bridgehead atoms. The van der Waals surface area contributed by atoms with E-state index in [1.54, 1.807) is 0 Å². The number of nitrogens with two attached hydrogens (primary N) is 1. The molecule has 2 atom stereocenters. The smallest absolute Gasteiger partial charge is 0.0420 e. The molecule has 0 amide bonds. The zero-order valence-corrected chi connectivity index (χ0v) is 14.2. The first-order chi connectivity index (χ1) is 9.56. The number of rotatable bonds is 5. The molecule has 1 fully saturated rings. The molecule has 0 radical (unpaired) electrons. The van der Waals surface area contributed by atoms with Gasteiger partial charge in [-0.25, -0.2) is 0 Å². The predicted octanol–water partition coefficient (Wildman–Crippen LogP) is 3.37. The number of halogens is 1. The Hall–Kier alpha value is -0.450. The maximum absolute atomic E-state index is 6.57. The van der Waals surface area contributed by atoms with Crippen LogP contribution in [0.15, 0.2) is 22.8 Å². The molecule has 1 aliphatic heterocycles. The summed E-state index contributed by atoms with van der Waals surface area (Å²) in [6.45, 7) is 6.95. The van der Waals surface area contributed by atoms with Crippen LogP contribution >= 0.6 is 15.9 Å². The van der Waals surface area contributed by atoms with Crippen LogP contribution in [0.1, 0.15) is 45.2 Å². The quantitative estimate of drug-likeness (QED) is 0.894. The number of aromatic nitrogens is 1. The van der Waals surface area contributed by atoms with Crippen molar-refractivity contribution in [1.29, 1.82) is 0 Å². The molecule has 0 saturated carbocycles. The normalized spacial score (nSPS) is 21.4. The van der Waals surface area contributed by atoms with Gasteiger partial charge in [0.2, 0.25) is 0 Å².